The lowest BCUT2D eigenvalue weighted by atomic mass is 10.0. The van der Waals surface area contributed by atoms with Crippen LogP contribution in [-0.2, 0) is 4.74 Å². The average molecular weight is 357 g/mol. The fourth-order valence-corrected chi connectivity index (χ4v) is 3.30. The van der Waals surface area contributed by atoms with Crippen LogP contribution in [0.1, 0.15) is 32.4 Å². The predicted octanol–water partition coefficient (Wildman–Crippen LogP) is 2.71. The van der Waals surface area contributed by atoms with Gasteiger partial charge in [-0.05, 0) is 44.2 Å². The third-order valence-electron chi connectivity index (χ3n) is 3.84. The van der Waals surface area contributed by atoms with E-state index in [1.165, 1.54) is 11.3 Å². The summed E-state index contributed by atoms with van der Waals surface area (Å²) < 4.78 is 6.83. The fourth-order valence-electron chi connectivity index (χ4n) is 2.92. The van der Waals surface area contributed by atoms with Crippen LogP contribution in [0.15, 0.2) is 22.7 Å². The molecule has 0 saturated carbocycles. The van der Waals surface area contributed by atoms with Gasteiger partial charge in [-0.1, -0.05) is 22.9 Å². The van der Waals surface area contributed by atoms with E-state index in [2.05, 4.69) is 65.1 Å². The Morgan fingerprint density at radius 2 is 2.24 bits per heavy atom. The van der Waals surface area contributed by atoms with Gasteiger partial charge in [0.25, 0.3) is 0 Å². The number of nitrogens with one attached hydrogen (secondary N) is 1. The first-order valence-electron chi connectivity index (χ1n) is 7.59. The maximum atomic E-state index is 9.41. The zero-order chi connectivity index (χ0) is 15.4. The molecule has 1 aliphatic rings. The smallest absolute Gasteiger partial charge is 0.0984 e. The number of halogens is 1. The Labute approximate surface area is 135 Å². The third kappa shape index (κ3) is 4.19. The minimum Gasteiger partial charge on any atom is -0.394 e. The number of rotatable bonds is 5. The van der Waals surface area contributed by atoms with Gasteiger partial charge in [-0.25, -0.2) is 0 Å². The van der Waals surface area contributed by atoms with Crippen molar-refractivity contribution < 1.29 is 9.84 Å². The number of benzene rings is 1. The molecule has 0 amide bonds. The lowest BCUT2D eigenvalue weighted by Crippen LogP contribution is -2.48. The molecule has 0 radical (unpaired) electrons. The van der Waals surface area contributed by atoms with Crippen LogP contribution in [0.4, 0.5) is 5.69 Å². The summed E-state index contributed by atoms with van der Waals surface area (Å²) >= 11 is 3.57. The Morgan fingerprint density at radius 1 is 1.48 bits per heavy atom. The lowest BCUT2D eigenvalue weighted by Gasteiger charge is -2.39. The molecule has 2 N–H and O–H groups in total. The first kappa shape index (κ1) is 16.7. The van der Waals surface area contributed by atoms with Crippen LogP contribution in [0.3, 0.4) is 0 Å². The predicted molar refractivity (Wildman–Crippen MR) is 89.9 cm³/mol. The third-order valence-corrected chi connectivity index (χ3v) is 4.33. The Morgan fingerprint density at radius 3 is 2.90 bits per heavy atom. The maximum absolute atomic E-state index is 9.41. The van der Waals surface area contributed by atoms with Gasteiger partial charge >= 0.3 is 0 Å². The van der Waals surface area contributed by atoms with Gasteiger partial charge in [-0.3, -0.25) is 0 Å². The van der Waals surface area contributed by atoms with Crippen LogP contribution in [0, 0.1) is 0 Å². The largest absolute Gasteiger partial charge is 0.394 e. The minimum atomic E-state index is -0.111. The van der Waals surface area contributed by atoms with Gasteiger partial charge in [0, 0.05) is 29.3 Å². The van der Waals surface area contributed by atoms with Crippen LogP contribution in [-0.4, -0.2) is 43.6 Å². The van der Waals surface area contributed by atoms with Crippen molar-refractivity contribution in [3.8, 4) is 0 Å². The molecule has 1 fully saturated rings. The van der Waals surface area contributed by atoms with Crippen LogP contribution in [0.25, 0.3) is 0 Å². The van der Waals surface area contributed by atoms with Crippen molar-refractivity contribution in [2.24, 2.45) is 0 Å². The molecule has 0 bridgehead atoms. The fraction of sp³-hybridized carbons (Fsp3) is 0.625. The number of hydrogen-bond donors (Lipinski definition) is 2. The van der Waals surface area contributed by atoms with Gasteiger partial charge in [0.15, 0.2) is 0 Å². The summed E-state index contributed by atoms with van der Waals surface area (Å²) in [6, 6.07) is 6.69. The molecule has 0 aromatic heterocycles. The molecule has 0 aliphatic carbocycles. The highest BCUT2D eigenvalue weighted by Crippen LogP contribution is 2.31. The molecule has 3 atom stereocenters. The van der Waals surface area contributed by atoms with Crippen LogP contribution >= 0.6 is 15.9 Å². The Hall–Kier alpha value is -0.620. The van der Waals surface area contributed by atoms with Crippen molar-refractivity contribution in [2.75, 3.05) is 31.1 Å². The molecule has 1 aromatic carbocycles. The van der Waals surface area contributed by atoms with Gasteiger partial charge < -0.3 is 20.1 Å². The average Bonchev–Trinajstić information content (AvgIpc) is 2.46. The minimum absolute atomic E-state index is 0.0649. The maximum Gasteiger partial charge on any atom is 0.0984 e. The SMILES string of the molecule is CCNC(C)c1cc(Br)ccc1N1CC(C)OC(CO)C1. The molecule has 1 aliphatic heterocycles. The Kier molecular flexibility index (Phi) is 6.05. The van der Waals surface area contributed by atoms with Crippen molar-refractivity contribution in [1.29, 1.82) is 0 Å². The number of nitrogens with zero attached hydrogens (tertiary/aromatic N) is 1. The van der Waals surface area contributed by atoms with E-state index in [4.69, 9.17) is 4.74 Å². The monoisotopic (exact) mass is 356 g/mol. The molecular formula is C16H25BrN2O2. The number of hydrogen-bond acceptors (Lipinski definition) is 4. The second kappa shape index (κ2) is 7.58. The van der Waals surface area contributed by atoms with E-state index in [9.17, 15) is 5.11 Å². The van der Waals surface area contributed by atoms with Crippen molar-refractivity contribution in [3.05, 3.63) is 28.2 Å². The van der Waals surface area contributed by atoms with Gasteiger partial charge in [0.1, 0.15) is 0 Å². The highest BCUT2D eigenvalue weighted by atomic mass is 79.9. The Bertz CT molecular complexity index is 470. The van der Waals surface area contributed by atoms with Crippen molar-refractivity contribution in [2.45, 2.75) is 39.0 Å². The summed E-state index contributed by atoms with van der Waals surface area (Å²) in [5.74, 6) is 0. The van der Waals surface area contributed by atoms with Crippen LogP contribution < -0.4 is 10.2 Å². The molecule has 2 rings (SSSR count). The number of anilines is 1. The van der Waals surface area contributed by atoms with E-state index in [0.717, 1.165) is 24.1 Å². The normalized spacial score (nSPS) is 24.1. The Balaban J connectivity index is 2.29. The van der Waals surface area contributed by atoms with Crippen molar-refractivity contribution in [3.63, 3.8) is 0 Å². The van der Waals surface area contributed by atoms with Crippen LogP contribution in [0.2, 0.25) is 0 Å². The number of morpholine rings is 1. The molecule has 118 valence electrons. The molecule has 1 aromatic rings. The zero-order valence-electron chi connectivity index (χ0n) is 13.0. The van der Waals surface area contributed by atoms with E-state index < -0.39 is 0 Å². The summed E-state index contributed by atoms with van der Waals surface area (Å²) in [6.45, 7) is 8.94. The molecular weight excluding hydrogens is 332 g/mol. The number of aliphatic hydroxyl groups is 1. The van der Waals surface area contributed by atoms with Gasteiger partial charge in [0.05, 0.1) is 18.8 Å². The molecule has 0 spiro atoms. The van der Waals surface area contributed by atoms with E-state index >= 15 is 0 Å². The first-order chi connectivity index (χ1) is 10.0. The van der Waals surface area contributed by atoms with Crippen LogP contribution in [0.5, 0.6) is 0 Å². The highest BCUT2D eigenvalue weighted by molar-refractivity contribution is 9.10. The standard InChI is InChI=1S/C16H25BrN2O2/c1-4-18-12(3)15-7-13(17)5-6-16(15)19-8-11(2)21-14(9-19)10-20/h5-7,11-12,14,18,20H,4,8-10H2,1-3H3. The summed E-state index contributed by atoms with van der Waals surface area (Å²) in [4.78, 5) is 2.32. The van der Waals surface area contributed by atoms with E-state index in [0.29, 0.717) is 0 Å². The van der Waals surface area contributed by atoms with Gasteiger partial charge in [0.2, 0.25) is 0 Å². The summed E-state index contributed by atoms with van der Waals surface area (Å²) in [5, 5.41) is 12.9. The van der Waals surface area contributed by atoms with Gasteiger partial charge in [-0.15, -0.1) is 0 Å². The first-order valence-corrected chi connectivity index (χ1v) is 8.38. The van der Waals surface area contributed by atoms with Crippen molar-refractivity contribution in [1.82, 2.24) is 5.32 Å². The zero-order valence-corrected chi connectivity index (χ0v) is 14.6. The van der Waals surface area contributed by atoms with E-state index in [1.54, 1.807) is 0 Å². The van der Waals surface area contributed by atoms with Crippen molar-refractivity contribution >= 4 is 21.6 Å². The van der Waals surface area contributed by atoms with E-state index in [-0.39, 0.29) is 24.9 Å². The summed E-state index contributed by atoms with van der Waals surface area (Å²) in [6.07, 6.45) is 0.0153. The summed E-state index contributed by atoms with van der Waals surface area (Å²) in [5.41, 5.74) is 2.50. The molecule has 1 saturated heterocycles. The quantitative estimate of drug-likeness (QED) is 0.851. The molecule has 21 heavy (non-hydrogen) atoms. The molecule has 4 nitrogen and oxygen atoms in total. The molecule has 5 heteroatoms. The van der Waals surface area contributed by atoms with Gasteiger partial charge in [-0.2, -0.15) is 0 Å². The molecule has 1 heterocycles. The number of ether oxygens (including phenoxy) is 1. The molecule has 3 unspecified atom stereocenters. The topological polar surface area (TPSA) is 44.7 Å². The second-order valence-electron chi connectivity index (χ2n) is 5.64. The number of aliphatic hydroxyl groups excluding tert-OH is 1. The second-order valence-corrected chi connectivity index (χ2v) is 6.55. The highest BCUT2D eigenvalue weighted by Gasteiger charge is 2.27. The van der Waals surface area contributed by atoms with E-state index in [1.807, 2.05) is 0 Å². The lowest BCUT2D eigenvalue weighted by molar-refractivity contribution is -0.0421. The summed E-state index contributed by atoms with van der Waals surface area (Å²) in [7, 11) is 0.